The number of methoxy groups -OCH3 is 1. The summed E-state index contributed by atoms with van der Waals surface area (Å²) >= 11 is 3.29. The lowest BCUT2D eigenvalue weighted by atomic mass is 10.0. The first-order chi connectivity index (χ1) is 6.07. The minimum absolute atomic E-state index is 0.224. The monoisotopic (exact) mass is 246 g/mol. The van der Waals surface area contributed by atoms with Crippen LogP contribution in [0.25, 0.3) is 0 Å². The number of nitrogens with zero attached hydrogens (tertiary/aromatic N) is 1. The normalized spacial score (nSPS) is 10.5. The summed E-state index contributed by atoms with van der Waals surface area (Å²) in [5.74, 6) is -0.187. The summed E-state index contributed by atoms with van der Waals surface area (Å²) < 4.78 is 5.34. The highest BCUT2D eigenvalue weighted by Crippen LogP contribution is 2.26. The second-order valence-corrected chi connectivity index (χ2v) is 3.74. The van der Waals surface area contributed by atoms with E-state index in [4.69, 9.17) is 0 Å². The Hall–Kier alpha value is -0.840. The van der Waals surface area contributed by atoms with Crippen LogP contribution in [0.15, 0.2) is 4.60 Å². The van der Waals surface area contributed by atoms with E-state index < -0.39 is 5.97 Å². The molecule has 0 saturated heterocycles. The predicted molar refractivity (Wildman–Crippen MR) is 51.7 cm³/mol. The zero-order valence-corrected chi connectivity index (χ0v) is 9.31. The van der Waals surface area contributed by atoms with Crippen LogP contribution in [-0.2, 0) is 4.74 Å². The predicted octanol–water partition coefficient (Wildman–Crippen LogP) is 2.08. The zero-order valence-electron chi connectivity index (χ0n) is 7.72. The molecule has 0 bridgehead atoms. The SMILES string of the molecule is COC(=O)c1n[nH]c(Br)c1C(C)C. The number of hydrogen-bond acceptors (Lipinski definition) is 3. The lowest BCUT2D eigenvalue weighted by Gasteiger charge is -2.04. The molecule has 0 atom stereocenters. The van der Waals surface area contributed by atoms with Gasteiger partial charge in [0, 0.05) is 5.56 Å². The van der Waals surface area contributed by atoms with E-state index in [0.29, 0.717) is 5.69 Å². The van der Waals surface area contributed by atoms with Crippen molar-refractivity contribution in [2.45, 2.75) is 19.8 Å². The minimum atomic E-state index is -0.411. The largest absolute Gasteiger partial charge is 0.464 e. The minimum Gasteiger partial charge on any atom is -0.464 e. The maximum absolute atomic E-state index is 11.2. The Balaban J connectivity index is 3.15. The Morgan fingerprint density at radius 2 is 2.23 bits per heavy atom. The number of ether oxygens (including phenoxy) is 1. The second-order valence-electron chi connectivity index (χ2n) is 2.95. The van der Waals surface area contributed by atoms with Gasteiger partial charge in [-0.15, -0.1) is 0 Å². The van der Waals surface area contributed by atoms with E-state index in [9.17, 15) is 4.79 Å². The Morgan fingerprint density at radius 1 is 1.62 bits per heavy atom. The standard InChI is InChI=1S/C8H11BrN2O2/c1-4(2)5-6(8(12)13-3)10-11-7(5)9/h4H,1-3H3,(H,10,11). The van der Waals surface area contributed by atoms with Crippen LogP contribution >= 0.6 is 15.9 Å². The Bertz CT molecular complexity index is 320. The topological polar surface area (TPSA) is 55.0 Å². The van der Waals surface area contributed by atoms with Crippen LogP contribution in [0.1, 0.15) is 35.8 Å². The van der Waals surface area contributed by atoms with Gasteiger partial charge in [-0.1, -0.05) is 13.8 Å². The molecular weight excluding hydrogens is 236 g/mol. The van der Waals surface area contributed by atoms with Crippen molar-refractivity contribution in [2.75, 3.05) is 7.11 Å². The molecule has 0 saturated carbocycles. The third-order valence-electron chi connectivity index (χ3n) is 1.71. The first-order valence-corrected chi connectivity index (χ1v) is 4.69. The Kier molecular flexibility index (Phi) is 3.08. The number of rotatable bonds is 2. The van der Waals surface area contributed by atoms with E-state index in [0.717, 1.165) is 10.2 Å². The van der Waals surface area contributed by atoms with Crippen molar-refractivity contribution in [3.05, 3.63) is 15.9 Å². The van der Waals surface area contributed by atoms with Gasteiger partial charge in [0.25, 0.3) is 0 Å². The van der Waals surface area contributed by atoms with Gasteiger partial charge in [-0.05, 0) is 21.8 Å². The van der Waals surface area contributed by atoms with E-state index in [2.05, 4.69) is 30.9 Å². The first kappa shape index (κ1) is 10.2. The summed E-state index contributed by atoms with van der Waals surface area (Å²) in [6, 6.07) is 0. The summed E-state index contributed by atoms with van der Waals surface area (Å²) in [6.45, 7) is 3.98. The van der Waals surface area contributed by atoms with E-state index in [-0.39, 0.29) is 5.92 Å². The summed E-state index contributed by atoms with van der Waals surface area (Å²) in [4.78, 5) is 11.2. The molecule has 0 radical (unpaired) electrons. The lowest BCUT2D eigenvalue weighted by Crippen LogP contribution is -2.06. The molecule has 4 nitrogen and oxygen atoms in total. The molecule has 0 amide bonds. The van der Waals surface area contributed by atoms with Crippen molar-refractivity contribution in [1.82, 2.24) is 10.2 Å². The third kappa shape index (κ3) is 1.91. The summed E-state index contributed by atoms with van der Waals surface area (Å²) in [7, 11) is 1.34. The molecule has 0 fully saturated rings. The smallest absolute Gasteiger partial charge is 0.358 e. The average Bonchev–Trinajstić information content (AvgIpc) is 2.45. The van der Waals surface area contributed by atoms with Crippen molar-refractivity contribution >= 4 is 21.9 Å². The molecule has 0 spiro atoms. The van der Waals surface area contributed by atoms with Gasteiger partial charge in [0.05, 0.1) is 7.11 Å². The second kappa shape index (κ2) is 3.91. The van der Waals surface area contributed by atoms with Crippen LogP contribution in [0, 0.1) is 0 Å². The fourth-order valence-corrected chi connectivity index (χ4v) is 1.84. The molecule has 0 aliphatic rings. The number of nitrogens with one attached hydrogen (secondary N) is 1. The summed E-state index contributed by atoms with van der Waals surface area (Å²) in [5, 5.41) is 6.56. The third-order valence-corrected chi connectivity index (χ3v) is 2.32. The number of esters is 1. The van der Waals surface area contributed by atoms with E-state index >= 15 is 0 Å². The van der Waals surface area contributed by atoms with Gasteiger partial charge in [-0.2, -0.15) is 5.10 Å². The van der Waals surface area contributed by atoms with Crippen LogP contribution in [0.2, 0.25) is 0 Å². The van der Waals surface area contributed by atoms with Crippen LogP contribution in [0.5, 0.6) is 0 Å². The van der Waals surface area contributed by atoms with E-state index in [1.165, 1.54) is 7.11 Å². The molecule has 0 aromatic carbocycles. The summed E-state index contributed by atoms with van der Waals surface area (Å²) in [6.07, 6.45) is 0. The molecule has 13 heavy (non-hydrogen) atoms. The van der Waals surface area contributed by atoms with Crippen LogP contribution in [0.3, 0.4) is 0 Å². The van der Waals surface area contributed by atoms with Crippen molar-refractivity contribution in [3.8, 4) is 0 Å². The van der Waals surface area contributed by atoms with E-state index in [1.807, 2.05) is 13.8 Å². The first-order valence-electron chi connectivity index (χ1n) is 3.90. The van der Waals surface area contributed by atoms with Crippen LogP contribution in [0.4, 0.5) is 0 Å². The molecule has 1 aromatic heterocycles. The van der Waals surface area contributed by atoms with Gasteiger partial charge in [0.15, 0.2) is 5.69 Å². The van der Waals surface area contributed by atoms with Gasteiger partial charge in [-0.25, -0.2) is 4.79 Å². The number of halogens is 1. The van der Waals surface area contributed by atoms with Crippen LogP contribution in [-0.4, -0.2) is 23.3 Å². The van der Waals surface area contributed by atoms with Crippen molar-refractivity contribution in [1.29, 1.82) is 0 Å². The molecule has 72 valence electrons. The van der Waals surface area contributed by atoms with Gasteiger partial charge < -0.3 is 4.74 Å². The molecule has 0 unspecified atom stereocenters. The molecule has 1 heterocycles. The quantitative estimate of drug-likeness (QED) is 0.814. The van der Waals surface area contributed by atoms with Crippen molar-refractivity contribution < 1.29 is 9.53 Å². The Morgan fingerprint density at radius 3 is 2.69 bits per heavy atom. The highest BCUT2D eigenvalue weighted by atomic mass is 79.9. The van der Waals surface area contributed by atoms with E-state index in [1.54, 1.807) is 0 Å². The van der Waals surface area contributed by atoms with Gasteiger partial charge in [0.2, 0.25) is 0 Å². The Labute approximate surface area is 84.8 Å². The van der Waals surface area contributed by atoms with Crippen molar-refractivity contribution in [2.24, 2.45) is 0 Å². The number of hydrogen-bond donors (Lipinski definition) is 1. The fraction of sp³-hybridized carbons (Fsp3) is 0.500. The number of carbonyl (C=O) groups is 1. The average molecular weight is 247 g/mol. The number of aromatic amines is 1. The molecule has 1 aromatic rings. The molecular formula is C8H11BrN2O2. The number of aromatic nitrogens is 2. The molecule has 5 heteroatoms. The molecule has 0 aliphatic heterocycles. The highest BCUT2D eigenvalue weighted by Gasteiger charge is 2.20. The molecule has 1 rings (SSSR count). The lowest BCUT2D eigenvalue weighted by molar-refractivity contribution is 0.0592. The number of carbonyl (C=O) groups excluding carboxylic acids is 1. The van der Waals surface area contributed by atoms with Crippen molar-refractivity contribution in [3.63, 3.8) is 0 Å². The van der Waals surface area contributed by atoms with Gasteiger partial charge in [0.1, 0.15) is 4.60 Å². The fourth-order valence-electron chi connectivity index (χ4n) is 1.11. The van der Waals surface area contributed by atoms with Crippen LogP contribution < -0.4 is 0 Å². The molecule has 0 aliphatic carbocycles. The maximum atomic E-state index is 11.2. The summed E-state index contributed by atoms with van der Waals surface area (Å²) in [5.41, 5.74) is 1.20. The maximum Gasteiger partial charge on any atom is 0.358 e. The molecule has 1 N–H and O–H groups in total. The van der Waals surface area contributed by atoms with Gasteiger partial charge >= 0.3 is 5.97 Å². The number of H-pyrrole nitrogens is 1. The highest BCUT2D eigenvalue weighted by molar-refractivity contribution is 9.10. The van der Waals surface area contributed by atoms with Gasteiger partial charge in [-0.3, -0.25) is 5.10 Å². The zero-order chi connectivity index (χ0) is 10.0.